The first-order valence-electron chi connectivity index (χ1n) is 6.19. The number of nitrogens with one attached hydrogen (secondary N) is 1. The highest BCUT2D eigenvalue weighted by Crippen LogP contribution is 2.29. The molecule has 0 spiro atoms. The van der Waals surface area contributed by atoms with Gasteiger partial charge in [-0.25, -0.2) is 0 Å². The van der Waals surface area contributed by atoms with Gasteiger partial charge in [-0.3, -0.25) is 4.98 Å². The van der Waals surface area contributed by atoms with E-state index >= 15 is 0 Å². The summed E-state index contributed by atoms with van der Waals surface area (Å²) in [5, 5.41) is 3.50. The molecule has 1 heterocycles. The quantitative estimate of drug-likeness (QED) is 0.806. The third-order valence-corrected chi connectivity index (χ3v) is 3.73. The molecular weight excluding hydrogens is 230 g/mol. The van der Waals surface area contributed by atoms with Gasteiger partial charge in [0.1, 0.15) is 4.99 Å². The second-order valence-corrected chi connectivity index (χ2v) is 5.21. The van der Waals surface area contributed by atoms with Gasteiger partial charge >= 0.3 is 0 Å². The molecule has 0 radical (unpaired) electrons. The second kappa shape index (κ2) is 5.45. The van der Waals surface area contributed by atoms with E-state index in [2.05, 4.69) is 17.2 Å². The van der Waals surface area contributed by atoms with Crippen molar-refractivity contribution in [2.24, 2.45) is 11.7 Å². The molecule has 1 aromatic heterocycles. The Morgan fingerprint density at radius 3 is 2.71 bits per heavy atom. The highest BCUT2D eigenvalue weighted by atomic mass is 32.1. The van der Waals surface area contributed by atoms with E-state index < -0.39 is 0 Å². The number of hydrogen-bond acceptors (Lipinski definition) is 3. The number of hydrogen-bond donors (Lipinski definition) is 2. The minimum atomic E-state index is 0.348. The lowest BCUT2D eigenvalue weighted by molar-refractivity contribution is 0.482. The van der Waals surface area contributed by atoms with E-state index in [0.717, 1.165) is 11.6 Å². The maximum atomic E-state index is 5.51. The SMILES string of the molecule is CC(Nc1ccc(C(N)=S)nc1)C1CCCC1. The summed E-state index contributed by atoms with van der Waals surface area (Å²) in [6, 6.07) is 4.37. The predicted molar refractivity (Wildman–Crippen MR) is 75.2 cm³/mol. The molecule has 0 aromatic carbocycles. The van der Waals surface area contributed by atoms with E-state index in [1.807, 2.05) is 12.1 Å². The Morgan fingerprint density at radius 2 is 2.18 bits per heavy atom. The zero-order valence-corrected chi connectivity index (χ0v) is 11.0. The Balaban J connectivity index is 1.96. The number of thiocarbonyl (C=S) groups is 1. The third kappa shape index (κ3) is 3.16. The van der Waals surface area contributed by atoms with E-state index in [1.54, 1.807) is 6.20 Å². The molecule has 0 amide bonds. The summed E-state index contributed by atoms with van der Waals surface area (Å²) in [5.74, 6) is 0.797. The Labute approximate surface area is 108 Å². The van der Waals surface area contributed by atoms with E-state index in [0.29, 0.717) is 16.7 Å². The lowest BCUT2D eigenvalue weighted by Gasteiger charge is -2.21. The van der Waals surface area contributed by atoms with Crippen molar-refractivity contribution in [1.82, 2.24) is 4.98 Å². The topological polar surface area (TPSA) is 50.9 Å². The van der Waals surface area contributed by atoms with Crippen LogP contribution in [0.3, 0.4) is 0 Å². The minimum absolute atomic E-state index is 0.348. The number of nitrogens with two attached hydrogens (primary N) is 1. The van der Waals surface area contributed by atoms with Crippen molar-refractivity contribution in [3.8, 4) is 0 Å². The number of rotatable bonds is 4. The lowest BCUT2D eigenvalue weighted by Crippen LogP contribution is -2.24. The monoisotopic (exact) mass is 249 g/mol. The van der Waals surface area contributed by atoms with Crippen LogP contribution in [0.4, 0.5) is 5.69 Å². The molecule has 4 heteroatoms. The first-order chi connectivity index (χ1) is 8.16. The van der Waals surface area contributed by atoms with Crippen LogP contribution < -0.4 is 11.1 Å². The van der Waals surface area contributed by atoms with Crippen molar-refractivity contribution >= 4 is 22.9 Å². The molecule has 1 saturated carbocycles. The average molecular weight is 249 g/mol. The van der Waals surface area contributed by atoms with Crippen LogP contribution in [0.5, 0.6) is 0 Å². The fraction of sp³-hybridized carbons (Fsp3) is 0.538. The first kappa shape index (κ1) is 12.3. The van der Waals surface area contributed by atoms with E-state index in [4.69, 9.17) is 18.0 Å². The lowest BCUT2D eigenvalue weighted by atomic mass is 10.00. The van der Waals surface area contributed by atoms with Crippen molar-refractivity contribution in [2.45, 2.75) is 38.6 Å². The molecule has 1 aromatic rings. The van der Waals surface area contributed by atoms with E-state index in [-0.39, 0.29) is 0 Å². The van der Waals surface area contributed by atoms with Gasteiger partial charge in [-0.2, -0.15) is 0 Å². The van der Waals surface area contributed by atoms with Crippen molar-refractivity contribution in [2.75, 3.05) is 5.32 Å². The fourth-order valence-electron chi connectivity index (χ4n) is 2.46. The van der Waals surface area contributed by atoms with Gasteiger partial charge in [0.05, 0.1) is 17.6 Å². The van der Waals surface area contributed by atoms with Gasteiger partial charge in [0.15, 0.2) is 0 Å². The van der Waals surface area contributed by atoms with Crippen molar-refractivity contribution in [1.29, 1.82) is 0 Å². The van der Waals surface area contributed by atoms with E-state index in [1.165, 1.54) is 25.7 Å². The van der Waals surface area contributed by atoms with Gasteiger partial charge < -0.3 is 11.1 Å². The Hall–Kier alpha value is -1.16. The molecule has 92 valence electrons. The molecule has 2 rings (SSSR count). The molecule has 1 fully saturated rings. The van der Waals surface area contributed by atoms with Gasteiger partial charge in [-0.15, -0.1) is 0 Å². The maximum Gasteiger partial charge on any atom is 0.122 e. The molecule has 0 aliphatic heterocycles. The normalized spacial score (nSPS) is 17.9. The molecule has 0 bridgehead atoms. The van der Waals surface area contributed by atoms with Crippen molar-refractivity contribution in [3.05, 3.63) is 24.0 Å². The van der Waals surface area contributed by atoms with Crippen LogP contribution in [0.1, 0.15) is 38.3 Å². The summed E-state index contributed by atoms with van der Waals surface area (Å²) < 4.78 is 0. The summed E-state index contributed by atoms with van der Waals surface area (Å²) in [6.07, 6.45) is 7.23. The molecule has 1 aliphatic rings. The van der Waals surface area contributed by atoms with Crippen LogP contribution in [0.25, 0.3) is 0 Å². The standard InChI is InChI=1S/C13H19N3S/c1-9(10-4-2-3-5-10)16-11-6-7-12(13(14)17)15-8-11/h6-10,16H,2-5H2,1H3,(H2,14,17). The van der Waals surface area contributed by atoms with Crippen LogP contribution >= 0.6 is 12.2 Å². The zero-order valence-electron chi connectivity index (χ0n) is 10.1. The van der Waals surface area contributed by atoms with Gasteiger partial charge in [-0.05, 0) is 37.8 Å². The molecule has 17 heavy (non-hydrogen) atoms. The fourth-order valence-corrected chi connectivity index (χ4v) is 2.58. The largest absolute Gasteiger partial charge is 0.388 e. The maximum absolute atomic E-state index is 5.51. The van der Waals surface area contributed by atoms with E-state index in [9.17, 15) is 0 Å². The summed E-state index contributed by atoms with van der Waals surface area (Å²) in [5.41, 5.74) is 7.24. The average Bonchev–Trinajstić information content (AvgIpc) is 2.83. The Bertz CT molecular complexity index is 382. The number of nitrogens with zero attached hydrogens (tertiary/aromatic N) is 1. The Kier molecular flexibility index (Phi) is 3.94. The minimum Gasteiger partial charge on any atom is -0.388 e. The molecule has 1 aliphatic carbocycles. The number of anilines is 1. The van der Waals surface area contributed by atoms with Gasteiger partial charge in [-0.1, -0.05) is 25.1 Å². The van der Waals surface area contributed by atoms with Crippen LogP contribution in [0.15, 0.2) is 18.3 Å². The number of aromatic nitrogens is 1. The van der Waals surface area contributed by atoms with Crippen LogP contribution in [0, 0.1) is 5.92 Å². The molecule has 3 N–H and O–H groups in total. The van der Waals surface area contributed by atoms with Gasteiger partial charge in [0.2, 0.25) is 0 Å². The third-order valence-electron chi connectivity index (χ3n) is 3.52. The summed E-state index contributed by atoms with van der Waals surface area (Å²) in [7, 11) is 0. The molecule has 0 saturated heterocycles. The summed E-state index contributed by atoms with van der Waals surface area (Å²) in [6.45, 7) is 2.25. The smallest absolute Gasteiger partial charge is 0.122 e. The van der Waals surface area contributed by atoms with Gasteiger partial charge in [0, 0.05) is 6.04 Å². The molecule has 1 unspecified atom stereocenters. The van der Waals surface area contributed by atoms with Crippen LogP contribution in [0.2, 0.25) is 0 Å². The molecule has 3 nitrogen and oxygen atoms in total. The first-order valence-corrected chi connectivity index (χ1v) is 6.60. The Morgan fingerprint density at radius 1 is 1.47 bits per heavy atom. The highest BCUT2D eigenvalue weighted by Gasteiger charge is 2.21. The van der Waals surface area contributed by atoms with Crippen LogP contribution in [-0.2, 0) is 0 Å². The summed E-state index contributed by atoms with van der Waals surface area (Å²) in [4.78, 5) is 4.58. The predicted octanol–water partition coefficient (Wildman–Crippen LogP) is 2.71. The summed E-state index contributed by atoms with van der Waals surface area (Å²) >= 11 is 4.88. The zero-order chi connectivity index (χ0) is 12.3. The number of pyridine rings is 1. The van der Waals surface area contributed by atoms with Crippen molar-refractivity contribution in [3.63, 3.8) is 0 Å². The highest BCUT2D eigenvalue weighted by molar-refractivity contribution is 7.80. The second-order valence-electron chi connectivity index (χ2n) is 4.77. The van der Waals surface area contributed by atoms with Crippen LogP contribution in [-0.4, -0.2) is 16.0 Å². The van der Waals surface area contributed by atoms with Crippen molar-refractivity contribution < 1.29 is 0 Å². The molecule has 1 atom stereocenters. The molecular formula is C13H19N3S. The van der Waals surface area contributed by atoms with Gasteiger partial charge in [0.25, 0.3) is 0 Å².